The van der Waals surface area contributed by atoms with Crippen molar-refractivity contribution in [2.24, 2.45) is 0 Å². The van der Waals surface area contributed by atoms with E-state index in [1.807, 2.05) is 13.0 Å². The summed E-state index contributed by atoms with van der Waals surface area (Å²) in [4.78, 5) is 16.9. The van der Waals surface area contributed by atoms with Gasteiger partial charge in [-0.15, -0.1) is 0 Å². The summed E-state index contributed by atoms with van der Waals surface area (Å²) in [5.74, 6) is 1.17. The first kappa shape index (κ1) is 23.3. The van der Waals surface area contributed by atoms with Crippen LogP contribution in [0.5, 0.6) is 5.88 Å². The Bertz CT molecular complexity index is 1040. The number of pyridine rings is 1. The lowest BCUT2D eigenvalue weighted by atomic mass is 10.1. The molecule has 3 heterocycles. The third-order valence-corrected chi connectivity index (χ3v) is 5.84. The number of ether oxygens (including phenoxy) is 1. The Hall–Kier alpha value is -2.91. The zero-order valence-corrected chi connectivity index (χ0v) is 18.8. The SMILES string of the molecule is Cc1[nH]c(-c2ccc(OCCCN3CCN(C)CC3)nc2)nc1-c1ccc(C(F)(F)F)cc1. The number of benzene rings is 1. The maximum absolute atomic E-state index is 12.8. The molecule has 0 radical (unpaired) electrons. The number of alkyl halides is 3. The standard InChI is InChI=1S/C24H28F3N5O/c1-17-22(18-4-7-20(8-5-18)24(25,26)27)30-23(29-17)19-6-9-21(28-16-19)33-15-3-10-32-13-11-31(2)12-14-32/h4-9,16H,3,10-15H2,1-2H3,(H,29,30). The molecule has 0 atom stereocenters. The molecule has 0 bridgehead atoms. The highest BCUT2D eigenvalue weighted by Gasteiger charge is 2.30. The maximum atomic E-state index is 12.8. The highest BCUT2D eigenvalue weighted by molar-refractivity contribution is 5.67. The molecule has 1 aliphatic rings. The van der Waals surface area contributed by atoms with Crippen molar-refractivity contribution in [3.8, 4) is 28.5 Å². The molecule has 0 amide bonds. The Morgan fingerprint density at radius 1 is 1.00 bits per heavy atom. The number of nitrogens with one attached hydrogen (secondary N) is 1. The molecule has 0 aliphatic carbocycles. The minimum atomic E-state index is -4.36. The van der Waals surface area contributed by atoms with Gasteiger partial charge in [0.15, 0.2) is 0 Å². The Labute approximate surface area is 191 Å². The Morgan fingerprint density at radius 2 is 1.70 bits per heavy atom. The van der Waals surface area contributed by atoms with Crippen LogP contribution in [0, 0.1) is 6.92 Å². The monoisotopic (exact) mass is 459 g/mol. The van der Waals surface area contributed by atoms with Gasteiger partial charge in [0.05, 0.1) is 17.9 Å². The molecule has 0 saturated carbocycles. The van der Waals surface area contributed by atoms with E-state index in [-0.39, 0.29) is 0 Å². The molecule has 1 fully saturated rings. The van der Waals surface area contributed by atoms with Crippen LogP contribution in [0.3, 0.4) is 0 Å². The molecule has 1 aromatic carbocycles. The van der Waals surface area contributed by atoms with E-state index < -0.39 is 11.7 Å². The summed E-state index contributed by atoms with van der Waals surface area (Å²) in [6.45, 7) is 7.88. The zero-order chi connectivity index (χ0) is 23.4. The fourth-order valence-electron chi connectivity index (χ4n) is 3.84. The van der Waals surface area contributed by atoms with Crippen molar-refractivity contribution in [2.75, 3.05) is 46.4 Å². The Kier molecular flexibility index (Phi) is 6.99. The average molecular weight is 460 g/mol. The summed E-state index contributed by atoms with van der Waals surface area (Å²) in [6.07, 6.45) is -1.73. The smallest absolute Gasteiger partial charge is 0.416 e. The number of likely N-dealkylation sites (N-methyl/N-ethyl adjacent to an activating group) is 1. The number of hydrogen-bond donors (Lipinski definition) is 1. The number of aromatic nitrogens is 3. The van der Waals surface area contributed by atoms with E-state index in [9.17, 15) is 13.2 Å². The molecule has 176 valence electrons. The van der Waals surface area contributed by atoms with Crippen LogP contribution in [-0.2, 0) is 6.18 Å². The number of nitrogens with zero attached hydrogens (tertiary/aromatic N) is 4. The number of H-pyrrole nitrogens is 1. The molecular formula is C24H28F3N5O. The van der Waals surface area contributed by atoms with Gasteiger partial charge in [-0.1, -0.05) is 12.1 Å². The molecule has 0 spiro atoms. The Balaban J connectivity index is 1.33. The van der Waals surface area contributed by atoms with Gasteiger partial charge < -0.3 is 19.5 Å². The third-order valence-electron chi connectivity index (χ3n) is 5.84. The van der Waals surface area contributed by atoms with Crippen LogP contribution >= 0.6 is 0 Å². The van der Waals surface area contributed by atoms with Crippen molar-refractivity contribution < 1.29 is 17.9 Å². The van der Waals surface area contributed by atoms with Crippen LogP contribution in [0.15, 0.2) is 42.6 Å². The van der Waals surface area contributed by atoms with Gasteiger partial charge in [-0.25, -0.2) is 9.97 Å². The van der Waals surface area contributed by atoms with E-state index in [2.05, 4.69) is 31.8 Å². The van der Waals surface area contributed by atoms with Crippen LogP contribution < -0.4 is 4.74 Å². The predicted molar refractivity (Wildman–Crippen MR) is 121 cm³/mol. The molecule has 1 saturated heterocycles. The number of rotatable bonds is 7. The average Bonchev–Trinajstić information content (AvgIpc) is 3.19. The normalized spacial score (nSPS) is 15.7. The first-order valence-corrected chi connectivity index (χ1v) is 11.0. The molecule has 33 heavy (non-hydrogen) atoms. The molecule has 0 unspecified atom stereocenters. The molecule has 3 aromatic rings. The predicted octanol–water partition coefficient (Wildman–Crippen LogP) is 4.48. The summed E-state index contributed by atoms with van der Waals surface area (Å²) >= 11 is 0. The number of hydrogen-bond acceptors (Lipinski definition) is 5. The fraction of sp³-hybridized carbons (Fsp3) is 0.417. The third kappa shape index (κ3) is 5.91. The highest BCUT2D eigenvalue weighted by Crippen LogP contribution is 2.32. The fourth-order valence-corrected chi connectivity index (χ4v) is 3.84. The van der Waals surface area contributed by atoms with Gasteiger partial charge in [0, 0.05) is 61.8 Å². The van der Waals surface area contributed by atoms with Crippen LogP contribution in [0.4, 0.5) is 13.2 Å². The van der Waals surface area contributed by atoms with Crippen molar-refractivity contribution in [3.05, 3.63) is 53.9 Å². The second-order valence-electron chi connectivity index (χ2n) is 8.37. The van der Waals surface area contributed by atoms with Crippen molar-refractivity contribution in [3.63, 3.8) is 0 Å². The number of piperazine rings is 1. The first-order chi connectivity index (χ1) is 15.8. The van der Waals surface area contributed by atoms with E-state index in [0.717, 1.165) is 62.5 Å². The van der Waals surface area contributed by atoms with E-state index >= 15 is 0 Å². The van der Waals surface area contributed by atoms with Crippen molar-refractivity contribution in [1.29, 1.82) is 0 Å². The number of aromatic amines is 1. The molecule has 2 aromatic heterocycles. The second kappa shape index (κ2) is 9.93. The van der Waals surface area contributed by atoms with Crippen molar-refractivity contribution in [1.82, 2.24) is 24.8 Å². The lowest BCUT2D eigenvalue weighted by Gasteiger charge is -2.32. The summed E-state index contributed by atoms with van der Waals surface area (Å²) in [5.41, 5.74) is 2.11. The van der Waals surface area contributed by atoms with Crippen molar-refractivity contribution in [2.45, 2.75) is 19.5 Å². The topological polar surface area (TPSA) is 57.3 Å². The molecular weight excluding hydrogens is 431 g/mol. The quantitative estimate of drug-likeness (QED) is 0.528. The van der Waals surface area contributed by atoms with Gasteiger partial charge in [0.2, 0.25) is 5.88 Å². The summed E-state index contributed by atoms with van der Waals surface area (Å²) in [5, 5.41) is 0. The largest absolute Gasteiger partial charge is 0.478 e. The van der Waals surface area contributed by atoms with Crippen LogP contribution in [0.1, 0.15) is 17.7 Å². The van der Waals surface area contributed by atoms with E-state index in [4.69, 9.17) is 4.74 Å². The zero-order valence-electron chi connectivity index (χ0n) is 18.8. The molecule has 4 rings (SSSR count). The lowest BCUT2D eigenvalue weighted by Crippen LogP contribution is -2.44. The molecule has 1 N–H and O–H groups in total. The minimum absolute atomic E-state index is 0.559. The maximum Gasteiger partial charge on any atom is 0.416 e. The highest BCUT2D eigenvalue weighted by atomic mass is 19.4. The van der Waals surface area contributed by atoms with Gasteiger partial charge in [0.25, 0.3) is 0 Å². The van der Waals surface area contributed by atoms with Crippen LogP contribution in [-0.4, -0.2) is 71.1 Å². The van der Waals surface area contributed by atoms with E-state index in [1.165, 1.54) is 12.1 Å². The van der Waals surface area contributed by atoms with Crippen molar-refractivity contribution >= 4 is 0 Å². The number of halogens is 3. The van der Waals surface area contributed by atoms with E-state index in [0.29, 0.717) is 29.6 Å². The van der Waals surface area contributed by atoms with Crippen LogP contribution in [0.2, 0.25) is 0 Å². The van der Waals surface area contributed by atoms with Gasteiger partial charge >= 0.3 is 6.18 Å². The van der Waals surface area contributed by atoms with Gasteiger partial charge in [-0.3, -0.25) is 0 Å². The summed E-state index contributed by atoms with van der Waals surface area (Å²) in [6, 6.07) is 8.69. The minimum Gasteiger partial charge on any atom is -0.478 e. The van der Waals surface area contributed by atoms with Gasteiger partial charge in [0.1, 0.15) is 5.82 Å². The van der Waals surface area contributed by atoms with Gasteiger partial charge in [-0.05, 0) is 38.6 Å². The Morgan fingerprint density at radius 3 is 2.33 bits per heavy atom. The summed E-state index contributed by atoms with van der Waals surface area (Å²) in [7, 11) is 2.15. The van der Waals surface area contributed by atoms with Crippen LogP contribution in [0.25, 0.3) is 22.6 Å². The van der Waals surface area contributed by atoms with E-state index in [1.54, 1.807) is 12.3 Å². The number of imidazole rings is 1. The molecule has 9 heteroatoms. The molecule has 6 nitrogen and oxygen atoms in total. The van der Waals surface area contributed by atoms with Gasteiger partial charge in [-0.2, -0.15) is 13.2 Å². The second-order valence-corrected chi connectivity index (χ2v) is 8.37. The summed E-state index contributed by atoms with van der Waals surface area (Å²) < 4.78 is 44.2. The lowest BCUT2D eigenvalue weighted by molar-refractivity contribution is -0.137. The first-order valence-electron chi connectivity index (χ1n) is 11.0. The number of aryl methyl sites for hydroxylation is 1. The molecule has 1 aliphatic heterocycles.